The molecule has 0 saturated carbocycles. The maximum atomic E-state index is 13.1. The van der Waals surface area contributed by atoms with E-state index in [1.54, 1.807) is 12.1 Å². The molecule has 0 aromatic heterocycles. The van der Waals surface area contributed by atoms with E-state index in [1.165, 1.54) is 12.1 Å². The van der Waals surface area contributed by atoms with E-state index in [0.29, 0.717) is 6.07 Å². The molecule has 0 aliphatic carbocycles. The van der Waals surface area contributed by atoms with E-state index >= 15 is 0 Å². The maximum Gasteiger partial charge on any atom is 0.275 e. The Morgan fingerprint density at radius 1 is 1.19 bits per heavy atom. The van der Waals surface area contributed by atoms with Crippen molar-refractivity contribution >= 4 is 12.1 Å². The standard InChI is InChI=1S/C14H10F2N2O3/c15-9-5-8(13(20)11(16)6-9)7-17-18-14(21)10-3-1-2-4-12(10)19/h1-7,19-20H,(H,18,21)/b17-7-. The molecule has 108 valence electrons. The van der Waals surface area contributed by atoms with Gasteiger partial charge < -0.3 is 10.2 Å². The number of hydrazone groups is 1. The van der Waals surface area contributed by atoms with Gasteiger partial charge in [0.15, 0.2) is 11.6 Å². The molecule has 0 unspecified atom stereocenters. The lowest BCUT2D eigenvalue weighted by Gasteiger charge is -2.03. The summed E-state index contributed by atoms with van der Waals surface area (Å²) in [4.78, 5) is 11.7. The fourth-order valence-electron chi connectivity index (χ4n) is 1.57. The van der Waals surface area contributed by atoms with Gasteiger partial charge in [0.05, 0.1) is 11.8 Å². The molecule has 0 heterocycles. The van der Waals surface area contributed by atoms with Crippen LogP contribution in [-0.2, 0) is 0 Å². The third-order valence-electron chi connectivity index (χ3n) is 2.58. The average Bonchev–Trinajstić information content (AvgIpc) is 2.44. The topological polar surface area (TPSA) is 81.9 Å². The Morgan fingerprint density at radius 2 is 1.90 bits per heavy atom. The monoisotopic (exact) mass is 292 g/mol. The van der Waals surface area contributed by atoms with Gasteiger partial charge in [0.25, 0.3) is 5.91 Å². The number of phenolic OH excluding ortho intramolecular Hbond substituents is 2. The largest absolute Gasteiger partial charge is 0.507 e. The maximum absolute atomic E-state index is 13.1. The van der Waals surface area contributed by atoms with Gasteiger partial charge in [-0.2, -0.15) is 5.10 Å². The number of para-hydroxylation sites is 1. The molecular formula is C14H10F2N2O3. The van der Waals surface area contributed by atoms with Crippen LogP contribution >= 0.6 is 0 Å². The zero-order chi connectivity index (χ0) is 15.4. The molecular weight excluding hydrogens is 282 g/mol. The smallest absolute Gasteiger partial charge is 0.275 e. The number of nitrogens with one attached hydrogen (secondary N) is 1. The van der Waals surface area contributed by atoms with Gasteiger partial charge in [-0.1, -0.05) is 12.1 Å². The second kappa shape index (κ2) is 6.00. The molecule has 1 amide bonds. The van der Waals surface area contributed by atoms with Gasteiger partial charge in [-0.05, 0) is 18.2 Å². The van der Waals surface area contributed by atoms with Gasteiger partial charge in [0.1, 0.15) is 11.6 Å². The quantitative estimate of drug-likeness (QED) is 0.599. The van der Waals surface area contributed by atoms with E-state index in [2.05, 4.69) is 10.5 Å². The number of halogens is 2. The number of carbonyl (C=O) groups is 1. The van der Waals surface area contributed by atoms with Crippen molar-refractivity contribution < 1.29 is 23.8 Å². The fourth-order valence-corrected chi connectivity index (χ4v) is 1.57. The molecule has 0 fully saturated rings. The van der Waals surface area contributed by atoms with Crippen LogP contribution in [0.1, 0.15) is 15.9 Å². The molecule has 21 heavy (non-hydrogen) atoms. The first kappa shape index (κ1) is 14.4. The van der Waals surface area contributed by atoms with Crippen LogP contribution in [0.4, 0.5) is 8.78 Å². The van der Waals surface area contributed by atoms with Crippen LogP contribution in [0.2, 0.25) is 0 Å². The highest BCUT2D eigenvalue weighted by Crippen LogP contribution is 2.21. The molecule has 0 radical (unpaired) electrons. The summed E-state index contributed by atoms with van der Waals surface area (Å²) in [6.07, 6.45) is 0.888. The van der Waals surface area contributed by atoms with Gasteiger partial charge in [0.2, 0.25) is 0 Å². The Morgan fingerprint density at radius 3 is 2.62 bits per heavy atom. The van der Waals surface area contributed by atoms with Crippen LogP contribution in [-0.4, -0.2) is 22.3 Å². The van der Waals surface area contributed by atoms with E-state index in [4.69, 9.17) is 0 Å². The van der Waals surface area contributed by atoms with Gasteiger partial charge in [0, 0.05) is 11.6 Å². The predicted octanol–water partition coefficient (Wildman–Crippen LogP) is 2.14. The van der Waals surface area contributed by atoms with Crippen molar-refractivity contribution in [2.24, 2.45) is 5.10 Å². The van der Waals surface area contributed by atoms with Crippen LogP contribution in [0.3, 0.4) is 0 Å². The summed E-state index contributed by atoms with van der Waals surface area (Å²) in [6.45, 7) is 0. The molecule has 0 spiro atoms. The first-order valence-corrected chi connectivity index (χ1v) is 5.78. The summed E-state index contributed by atoms with van der Waals surface area (Å²) in [5.41, 5.74) is 1.83. The third-order valence-corrected chi connectivity index (χ3v) is 2.58. The second-order valence-electron chi connectivity index (χ2n) is 4.04. The lowest BCUT2D eigenvalue weighted by Crippen LogP contribution is -2.17. The molecule has 0 atom stereocenters. The highest BCUT2D eigenvalue weighted by atomic mass is 19.1. The van der Waals surface area contributed by atoms with E-state index in [9.17, 15) is 23.8 Å². The van der Waals surface area contributed by atoms with Crippen molar-refractivity contribution in [1.82, 2.24) is 5.43 Å². The Bertz CT molecular complexity index is 717. The molecule has 0 aliphatic rings. The first-order chi connectivity index (χ1) is 9.99. The first-order valence-electron chi connectivity index (χ1n) is 5.78. The van der Waals surface area contributed by atoms with Gasteiger partial charge in [-0.25, -0.2) is 14.2 Å². The summed E-state index contributed by atoms with van der Waals surface area (Å²) in [5, 5.41) is 22.3. The highest BCUT2D eigenvalue weighted by Gasteiger charge is 2.10. The number of rotatable bonds is 3. The molecule has 2 aromatic carbocycles. The van der Waals surface area contributed by atoms with Crippen LogP contribution in [0.15, 0.2) is 41.5 Å². The molecule has 0 bridgehead atoms. The van der Waals surface area contributed by atoms with E-state index < -0.39 is 23.3 Å². The Kier molecular flexibility index (Phi) is 4.13. The normalized spacial score (nSPS) is 10.8. The summed E-state index contributed by atoms with van der Waals surface area (Å²) in [6, 6.07) is 7.17. The van der Waals surface area contributed by atoms with Gasteiger partial charge in [-0.15, -0.1) is 0 Å². The van der Waals surface area contributed by atoms with E-state index in [-0.39, 0.29) is 16.9 Å². The van der Waals surface area contributed by atoms with E-state index in [1.807, 2.05) is 0 Å². The van der Waals surface area contributed by atoms with Crippen molar-refractivity contribution in [3.05, 3.63) is 59.2 Å². The number of phenols is 2. The van der Waals surface area contributed by atoms with Crippen molar-refractivity contribution in [2.45, 2.75) is 0 Å². The lowest BCUT2D eigenvalue weighted by molar-refractivity contribution is 0.0952. The minimum atomic E-state index is -1.14. The highest BCUT2D eigenvalue weighted by molar-refractivity contribution is 5.97. The minimum Gasteiger partial charge on any atom is -0.507 e. The number of amides is 1. The van der Waals surface area contributed by atoms with Crippen LogP contribution < -0.4 is 5.43 Å². The van der Waals surface area contributed by atoms with Gasteiger partial charge in [-0.3, -0.25) is 4.79 Å². The van der Waals surface area contributed by atoms with Crippen molar-refractivity contribution in [3.8, 4) is 11.5 Å². The average molecular weight is 292 g/mol. The summed E-state index contributed by atoms with van der Waals surface area (Å²) in [7, 11) is 0. The van der Waals surface area contributed by atoms with Crippen LogP contribution in [0.5, 0.6) is 11.5 Å². The number of hydrogen-bond acceptors (Lipinski definition) is 4. The molecule has 3 N–H and O–H groups in total. The summed E-state index contributed by atoms with van der Waals surface area (Å²) in [5.74, 6) is -3.75. The predicted molar refractivity (Wildman–Crippen MR) is 71.2 cm³/mol. The second-order valence-corrected chi connectivity index (χ2v) is 4.04. The zero-order valence-electron chi connectivity index (χ0n) is 10.5. The molecule has 2 rings (SSSR count). The SMILES string of the molecule is O=C(N/N=C\c1cc(F)cc(F)c1O)c1ccccc1O. The van der Waals surface area contributed by atoms with Crippen LogP contribution in [0, 0.1) is 11.6 Å². The number of aromatic hydroxyl groups is 2. The Hall–Kier alpha value is -2.96. The molecule has 2 aromatic rings. The van der Waals surface area contributed by atoms with Gasteiger partial charge >= 0.3 is 0 Å². The Balaban J connectivity index is 2.13. The van der Waals surface area contributed by atoms with Crippen molar-refractivity contribution in [3.63, 3.8) is 0 Å². The number of hydrogen-bond donors (Lipinski definition) is 3. The van der Waals surface area contributed by atoms with Crippen molar-refractivity contribution in [1.29, 1.82) is 0 Å². The Labute approximate surface area is 118 Å². The minimum absolute atomic E-state index is 0.00991. The number of carbonyl (C=O) groups excluding carboxylic acids is 1. The number of nitrogens with zero attached hydrogens (tertiary/aromatic N) is 1. The molecule has 7 heteroatoms. The molecule has 5 nitrogen and oxygen atoms in total. The lowest BCUT2D eigenvalue weighted by atomic mass is 10.2. The zero-order valence-corrected chi connectivity index (χ0v) is 10.5. The number of benzene rings is 2. The third kappa shape index (κ3) is 3.33. The molecule has 0 saturated heterocycles. The van der Waals surface area contributed by atoms with Crippen LogP contribution in [0.25, 0.3) is 0 Å². The summed E-state index contributed by atoms with van der Waals surface area (Å²) >= 11 is 0. The summed E-state index contributed by atoms with van der Waals surface area (Å²) < 4.78 is 26.1. The van der Waals surface area contributed by atoms with Crippen molar-refractivity contribution in [2.75, 3.05) is 0 Å². The van der Waals surface area contributed by atoms with E-state index in [0.717, 1.165) is 12.3 Å². The fraction of sp³-hybridized carbons (Fsp3) is 0. The molecule has 0 aliphatic heterocycles.